The predicted octanol–water partition coefficient (Wildman–Crippen LogP) is 8.94. The van der Waals surface area contributed by atoms with Crippen LogP contribution in [0.15, 0.2) is 92.6 Å². The molecule has 0 bridgehead atoms. The lowest BCUT2D eigenvalue weighted by Crippen LogP contribution is -2.36. The summed E-state index contributed by atoms with van der Waals surface area (Å²) in [5.74, 6) is 0.138. The van der Waals surface area contributed by atoms with E-state index >= 15 is 0 Å². The molecule has 0 saturated carbocycles. The number of aliphatic imine (C=N–C) groups is 2. The number of rotatable bonds is 31. The van der Waals surface area contributed by atoms with Gasteiger partial charge in [-0.15, -0.1) is 0 Å². The molecule has 2 aliphatic rings. The van der Waals surface area contributed by atoms with Crippen LogP contribution in [0.3, 0.4) is 0 Å². The minimum atomic E-state index is -3.79. The molecule has 2 atom stereocenters. The number of nitrogens with zero attached hydrogens (tertiary/aromatic N) is 6. The summed E-state index contributed by atoms with van der Waals surface area (Å²) in [6, 6.07) is 21.4. The van der Waals surface area contributed by atoms with E-state index in [0.29, 0.717) is 131 Å². The molecule has 2 aliphatic heterocycles. The second kappa shape index (κ2) is 32.1. The quantitative estimate of drug-likeness (QED) is 0.0141. The van der Waals surface area contributed by atoms with Crippen LogP contribution in [-0.4, -0.2) is 144 Å². The number of hydrogen-bond donors (Lipinski definition) is 3. The molecule has 0 fully saturated rings. The van der Waals surface area contributed by atoms with Crippen LogP contribution in [-0.2, 0) is 51.9 Å². The Kier molecular flexibility index (Phi) is 25.9. The van der Waals surface area contributed by atoms with Crippen LogP contribution in [0.25, 0.3) is 0 Å². The molecule has 4 aromatic rings. The topological polar surface area (TPSA) is 220 Å². The second-order valence-electron chi connectivity index (χ2n) is 19.2. The van der Waals surface area contributed by atoms with Crippen molar-refractivity contribution < 1.29 is 35.8 Å². The van der Waals surface area contributed by atoms with Crippen molar-refractivity contribution in [2.75, 3.05) is 105 Å². The van der Waals surface area contributed by atoms with Crippen LogP contribution in [0.2, 0.25) is 20.1 Å². The van der Waals surface area contributed by atoms with Crippen molar-refractivity contribution in [1.29, 1.82) is 10.5 Å². The molecule has 3 N–H and O–H groups in total. The van der Waals surface area contributed by atoms with Crippen molar-refractivity contribution >= 4 is 77.9 Å². The Labute approximate surface area is 480 Å². The van der Waals surface area contributed by atoms with Gasteiger partial charge in [-0.3, -0.25) is 10.3 Å². The normalized spacial score (nSPS) is 16.3. The van der Waals surface area contributed by atoms with Crippen LogP contribution in [0.1, 0.15) is 90.2 Å². The van der Waals surface area contributed by atoms with E-state index in [-0.39, 0.29) is 47.1 Å². The van der Waals surface area contributed by atoms with Gasteiger partial charge in [0.05, 0.1) is 55.2 Å². The molecule has 4 aromatic carbocycles. The number of guanidine groups is 1. The fourth-order valence-corrected chi connectivity index (χ4v) is 13.0. The molecule has 23 heteroatoms. The number of fused-ring (bicyclic) bond motifs is 2. The van der Waals surface area contributed by atoms with Crippen molar-refractivity contribution in [3.8, 4) is 12.4 Å². The van der Waals surface area contributed by atoms with Crippen molar-refractivity contribution in [3.63, 3.8) is 0 Å². The summed E-state index contributed by atoms with van der Waals surface area (Å²) in [5.41, 5.74) is 6.58. The molecule has 17 nitrogen and oxygen atoms in total. The summed E-state index contributed by atoms with van der Waals surface area (Å²) >= 11 is 25.8. The van der Waals surface area contributed by atoms with Gasteiger partial charge in [0.1, 0.15) is 0 Å². The minimum absolute atomic E-state index is 0.0515. The molecule has 0 aromatic heterocycles. The van der Waals surface area contributed by atoms with E-state index in [2.05, 4.69) is 35.1 Å². The standard InChI is InChI=1S/C55H69Cl4N9O8S2/c1-67-34-49(47-30-42(56)32-53(58)51(47)36-67)40-10-6-14-45(28-40)77(69,70)27-9-20-74-24-25-75-21-17-63-55(65-39-61)62-16-5-3-4-12-44(64-38-60)13-8-19-73-23-26-76-22-18-66-78(71,72)46-15-7-11-41(29-46)50-35-68(2)37-52-48(50)31-43(57)33-54(52)59/h6-7,10-11,14-15,28-33,49-50,66H,3-5,8-9,12-13,16-27,34-37H2,1-2H3,(H2,62,63,65)/t49-,50-/m0/s1. The number of ether oxygens (including phenoxy) is 4. The SMILES string of the molecule is CN1Cc2c(Cl)cc(Cl)cc2[C@H](c2cccc(S(=O)(=O)CCCOCCOCCNC(=NCCCCCC(CCCOCCOCCNS(=O)(=O)c3cccc([C@@H]4CN(C)Cc5c(Cl)cc(Cl)cc54)c3)=NC#N)NC#N)c2)C1. The first-order valence-electron chi connectivity index (χ1n) is 26.0. The van der Waals surface area contributed by atoms with E-state index in [4.69, 9.17) is 65.4 Å². The maximum absolute atomic E-state index is 13.3. The monoisotopic (exact) mass is 1190 g/mol. The smallest absolute Gasteiger partial charge is 0.240 e. The van der Waals surface area contributed by atoms with Crippen LogP contribution in [0, 0.1) is 22.9 Å². The summed E-state index contributed by atoms with van der Waals surface area (Å²) in [7, 11) is -3.32. The number of unbranched alkanes of at least 4 members (excludes halogenated alkanes) is 2. The molecule has 0 spiro atoms. The minimum Gasteiger partial charge on any atom is -0.379 e. The number of benzene rings is 4. The lowest BCUT2D eigenvalue weighted by atomic mass is 9.85. The summed E-state index contributed by atoms with van der Waals surface area (Å²) in [5, 5.41) is 26.4. The average Bonchev–Trinajstić information content (AvgIpc) is 3.45. The molecule has 2 heterocycles. The molecular formula is C55H69Cl4N9O8S2. The number of sulfone groups is 1. The van der Waals surface area contributed by atoms with E-state index in [0.717, 1.165) is 58.4 Å². The van der Waals surface area contributed by atoms with Gasteiger partial charge in [0.25, 0.3) is 0 Å². The molecule has 0 radical (unpaired) electrons. The Morgan fingerprint density at radius 1 is 0.654 bits per heavy atom. The van der Waals surface area contributed by atoms with Gasteiger partial charge < -0.3 is 34.1 Å². The van der Waals surface area contributed by atoms with Crippen LogP contribution < -0.4 is 15.4 Å². The van der Waals surface area contributed by atoms with E-state index in [1.54, 1.807) is 48.5 Å². The Morgan fingerprint density at radius 2 is 1.19 bits per heavy atom. The van der Waals surface area contributed by atoms with Gasteiger partial charge in [0, 0.05) is 96.7 Å². The molecule has 6 rings (SSSR count). The third kappa shape index (κ3) is 19.7. The zero-order valence-corrected chi connectivity index (χ0v) is 48.8. The molecule has 0 unspecified atom stereocenters. The number of halogens is 4. The largest absolute Gasteiger partial charge is 0.379 e. The maximum Gasteiger partial charge on any atom is 0.240 e. The number of sulfonamides is 1. The van der Waals surface area contributed by atoms with Gasteiger partial charge in [-0.25, -0.2) is 21.6 Å². The van der Waals surface area contributed by atoms with Gasteiger partial charge in [-0.05, 0) is 135 Å². The Bertz CT molecular complexity index is 2990. The van der Waals surface area contributed by atoms with E-state index in [1.807, 2.05) is 50.7 Å². The Morgan fingerprint density at radius 3 is 1.78 bits per heavy atom. The van der Waals surface area contributed by atoms with Crippen molar-refractivity contribution in [2.45, 2.75) is 79.7 Å². The van der Waals surface area contributed by atoms with Crippen molar-refractivity contribution in [3.05, 3.63) is 126 Å². The first-order chi connectivity index (χ1) is 37.6. The Balaban J connectivity index is 0.763. The predicted molar refractivity (Wildman–Crippen MR) is 307 cm³/mol. The highest BCUT2D eigenvalue weighted by molar-refractivity contribution is 7.91. The number of nitriles is 2. The molecule has 0 saturated heterocycles. The first-order valence-corrected chi connectivity index (χ1v) is 30.7. The van der Waals surface area contributed by atoms with Crippen LogP contribution in [0.4, 0.5) is 0 Å². The van der Waals surface area contributed by atoms with E-state index in [9.17, 15) is 27.4 Å². The highest BCUT2D eigenvalue weighted by Gasteiger charge is 2.30. The molecule has 0 aliphatic carbocycles. The fourth-order valence-electron chi connectivity index (χ4n) is 9.46. The van der Waals surface area contributed by atoms with Crippen molar-refractivity contribution in [1.82, 2.24) is 25.2 Å². The molecular weight excluding hydrogens is 1120 g/mol. The zero-order chi connectivity index (χ0) is 55.9. The molecule has 0 amide bonds. The average molecular weight is 1190 g/mol. The van der Waals surface area contributed by atoms with Gasteiger partial charge in [0.15, 0.2) is 16.0 Å². The summed E-state index contributed by atoms with van der Waals surface area (Å²) in [6.07, 6.45) is 8.57. The molecule has 422 valence electrons. The van der Waals surface area contributed by atoms with Gasteiger partial charge in [-0.1, -0.05) is 77.1 Å². The molecule has 78 heavy (non-hydrogen) atoms. The summed E-state index contributed by atoms with van der Waals surface area (Å²) in [4.78, 5) is 13.2. The first kappa shape index (κ1) is 62.8. The third-order valence-corrected chi connectivity index (χ3v) is 17.6. The van der Waals surface area contributed by atoms with Gasteiger partial charge in [0.2, 0.25) is 22.2 Å². The summed E-state index contributed by atoms with van der Waals surface area (Å²) < 4.78 is 78.3. The lowest BCUT2D eigenvalue weighted by molar-refractivity contribution is 0.0495. The zero-order valence-electron chi connectivity index (χ0n) is 44.1. The fraction of sp³-hybridized carbons (Fsp3) is 0.491. The van der Waals surface area contributed by atoms with Gasteiger partial charge in [-0.2, -0.15) is 15.5 Å². The number of likely N-dealkylation sites (N-methyl/N-ethyl adjacent to an activating group) is 2. The lowest BCUT2D eigenvalue weighted by Gasteiger charge is -2.33. The Hall–Kier alpha value is -4.42. The van der Waals surface area contributed by atoms with Gasteiger partial charge >= 0.3 is 0 Å². The highest BCUT2D eigenvalue weighted by atomic mass is 35.5. The van der Waals surface area contributed by atoms with Crippen LogP contribution in [0.5, 0.6) is 0 Å². The maximum atomic E-state index is 13.3. The van der Waals surface area contributed by atoms with E-state index < -0.39 is 19.9 Å². The number of hydrogen-bond acceptors (Lipinski definition) is 14. The van der Waals surface area contributed by atoms with Crippen molar-refractivity contribution in [2.24, 2.45) is 9.98 Å². The number of nitrogens with one attached hydrogen (secondary N) is 3. The van der Waals surface area contributed by atoms with E-state index in [1.165, 1.54) is 0 Å². The van der Waals surface area contributed by atoms with Crippen LogP contribution >= 0.6 is 46.4 Å². The summed E-state index contributed by atoms with van der Waals surface area (Å²) in [6.45, 7) is 6.27. The highest BCUT2D eigenvalue weighted by Crippen LogP contribution is 2.40. The third-order valence-electron chi connectivity index (χ3n) is 13.2. The second-order valence-corrected chi connectivity index (χ2v) is 24.7.